The molecule has 0 saturated heterocycles. The number of rotatable bonds is 3. The maximum Gasteiger partial charge on any atom is 0.112 e. The molecule has 0 amide bonds. The van der Waals surface area contributed by atoms with Crippen LogP contribution in [0.15, 0.2) is 24.4 Å². The third-order valence-corrected chi connectivity index (χ3v) is 3.26. The van der Waals surface area contributed by atoms with Gasteiger partial charge in [-0.1, -0.05) is 11.6 Å². The van der Waals surface area contributed by atoms with Gasteiger partial charge in [-0.25, -0.2) is 4.98 Å². The van der Waals surface area contributed by atoms with Crippen LogP contribution in [0.2, 0.25) is 5.02 Å². The number of aryl methyl sites for hydroxylation is 1. The molecule has 3 N–H and O–H groups in total. The van der Waals surface area contributed by atoms with Gasteiger partial charge in [0.05, 0.1) is 17.9 Å². The van der Waals surface area contributed by atoms with Crippen molar-refractivity contribution in [2.75, 3.05) is 11.1 Å². The summed E-state index contributed by atoms with van der Waals surface area (Å²) in [6.07, 6.45) is 1.87. The van der Waals surface area contributed by atoms with E-state index >= 15 is 0 Å². The molecule has 0 bridgehead atoms. The first-order chi connectivity index (χ1) is 7.65. The average molecular weight is 254 g/mol. The van der Waals surface area contributed by atoms with Gasteiger partial charge >= 0.3 is 0 Å². The topological polar surface area (TPSA) is 50.9 Å². The smallest absolute Gasteiger partial charge is 0.112 e. The highest BCUT2D eigenvalue weighted by Crippen LogP contribution is 2.23. The molecule has 0 aliphatic carbocycles. The van der Waals surface area contributed by atoms with E-state index in [1.807, 2.05) is 25.3 Å². The lowest BCUT2D eigenvalue weighted by Crippen LogP contribution is -2.01. The zero-order valence-corrected chi connectivity index (χ0v) is 10.4. The van der Waals surface area contributed by atoms with Crippen LogP contribution in [0.3, 0.4) is 0 Å². The molecule has 5 heteroatoms. The second kappa shape index (κ2) is 4.72. The normalized spacial score (nSPS) is 10.4. The molecule has 2 aromatic rings. The first kappa shape index (κ1) is 11.2. The number of nitrogens with one attached hydrogen (secondary N) is 1. The third-order valence-electron chi connectivity index (χ3n) is 2.11. The van der Waals surface area contributed by atoms with E-state index in [-0.39, 0.29) is 0 Å². The summed E-state index contributed by atoms with van der Waals surface area (Å²) in [6, 6.07) is 5.42. The van der Waals surface area contributed by atoms with Crippen molar-refractivity contribution in [1.29, 1.82) is 0 Å². The number of halogens is 1. The van der Waals surface area contributed by atoms with Crippen LogP contribution in [0.5, 0.6) is 0 Å². The number of hydrogen-bond donors (Lipinski definition) is 2. The van der Waals surface area contributed by atoms with E-state index in [1.165, 1.54) is 4.88 Å². The molecule has 1 aromatic heterocycles. The van der Waals surface area contributed by atoms with Crippen LogP contribution in [-0.2, 0) is 6.54 Å². The predicted molar refractivity (Wildman–Crippen MR) is 70.0 cm³/mol. The first-order valence-corrected chi connectivity index (χ1v) is 6.05. The Hall–Kier alpha value is -1.26. The molecule has 84 valence electrons. The zero-order chi connectivity index (χ0) is 11.5. The van der Waals surface area contributed by atoms with Crippen LogP contribution in [-0.4, -0.2) is 4.98 Å². The Kier molecular flexibility index (Phi) is 3.31. The summed E-state index contributed by atoms with van der Waals surface area (Å²) in [4.78, 5) is 5.48. The van der Waals surface area contributed by atoms with Crippen LogP contribution in [0.4, 0.5) is 11.4 Å². The molecule has 16 heavy (non-hydrogen) atoms. The maximum absolute atomic E-state index is 5.83. The molecule has 0 spiro atoms. The number of benzene rings is 1. The summed E-state index contributed by atoms with van der Waals surface area (Å²) in [5.74, 6) is 0. The van der Waals surface area contributed by atoms with Crippen LogP contribution < -0.4 is 11.1 Å². The minimum atomic E-state index is 0.646. The second-order valence-corrected chi connectivity index (χ2v) is 5.21. The lowest BCUT2D eigenvalue weighted by atomic mass is 10.2. The molecule has 2 rings (SSSR count). The van der Waals surface area contributed by atoms with E-state index in [2.05, 4.69) is 10.3 Å². The number of nitrogen functional groups attached to an aromatic ring is 1. The third kappa shape index (κ3) is 2.65. The van der Waals surface area contributed by atoms with E-state index in [9.17, 15) is 0 Å². The molecule has 3 nitrogen and oxygen atoms in total. The standard InChI is InChI=1S/C11H12ClN3S/c1-7-5-15-11(16-7)6-14-10-3-2-8(12)4-9(10)13/h2-5,14H,6,13H2,1H3. The van der Waals surface area contributed by atoms with Gasteiger partial charge in [0.15, 0.2) is 0 Å². The molecule has 0 unspecified atom stereocenters. The van der Waals surface area contributed by atoms with Gasteiger partial charge in [0.2, 0.25) is 0 Å². The number of nitrogens with two attached hydrogens (primary N) is 1. The highest BCUT2D eigenvalue weighted by Gasteiger charge is 2.02. The van der Waals surface area contributed by atoms with E-state index < -0.39 is 0 Å². The van der Waals surface area contributed by atoms with Crippen molar-refractivity contribution in [3.05, 3.63) is 39.3 Å². The van der Waals surface area contributed by atoms with Crippen molar-refractivity contribution >= 4 is 34.3 Å². The fraction of sp³-hybridized carbons (Fsp3) is 0.182. The number of anilines is 2. The molecule has 0 atom stereocenters. The maximum atomic E-state index is 5.83. The Labute approximate surface area is 103 Å². The van der Waals surface area contributed by atoms with Crippen molar-refractivity contribution < 1.29 is 0 Å². The van der Waals surface area contributed by atoms with Crippen LogP contribution in [0, 0.1) is 6.92 Å². The molecule has 0 aliphatic rings. The van der Waals surface area contributed by atoms with E-state index in [1.54, 1.807) is 17.4 Å². The average Bonchev–Trinajstić information content (AvgIpc) is 2.63. The summed E-state index contributed by atoms with van der Waals surface area (Å²) in [6.45, 7) is 2.72. The Morgan fingerprint density at radius 3 is 2.94 bits per heavy atom. The number of aromatic nitrogens is 1. The highest BCUT2D eigenvalue weighted by atomic mass is 35.5. The molecule has 0 radical (unpaired) electrons. The van der Waals surface area contributed by atoms with E-state index in [0.29, 0.717) is 17.3 Å². The quantitative estimate of drug-likeness (QED) is 0.826. The molecular weight excluding hydrogens is 242 g/mol. The van der Waals surface area contributed by atoms with Gasteiger partial charge in [-0.3, -0.25) is 0 Å². The minimum Gasteiger partial charge on any atom is -0.397 e. The van der Waals surface area contributed by atoms with Gasteiger partial charge in [-0.15, -0.1) is 11.3 Å². The number of nitrogens with zero attached hydrogens (tertiary/aromatic N) is 1. The van der Waals surface area contributed by atoms with Crippen molar-refractivity contribution in [1.82, 2.24) is 4.98 Å². The summed E-state index contributed by atoms with van der Waals surface area (Å²) in [7, 11) is 0. The van der Waals surface area contributed by atoms with Gasteiger partial charge in [0, 0.05) is 16.1 Å². The van der Waals surface area contributed by atoms with E-state index in [4.69, 9.17) is 17.3 Å². The van der Waals surface area contributed by atoms with Gasteiger partial charge in [-0.05, 0) is 25.1 Å². The Morgan fingerprint density at radius 2 is 2.31 bits per heavy atom. The fourth-order valence-corrected chi connectivity index (χ4v) is 2.26. The SMILES string of the molecule is Cc1cnc(CNc2ccc(Cl)cc2N)s1. The Bertz CT molecular complexity index is 496. The van der Waals surface area contributed by atoms with Gasteiger partial charge < -0.3 is 11.1 Å². The van der Waals surface area contributed by atoms with Crippen LogP contribution >= 0.6 is 22.9 Å². The summed E-state index contributed by atoms with van der Waals surface area (Å²) in [5, 5.41) is 4.93. The Morgan fingerprint density at radius 1 is 1.50 bits per heavy atom. The fourth-order valence-electron chi connectivity index (χ4n) is 1.35. The molecule has 0 saturated carbocycles. The van der Waals surface area contributed by atoms with Gasteiger partial charge in [0.1, 0.15) is 5.01 Å². The molecular formula is C11H12ClN3S. The summed E-state index contributed by atoms with van der Waals surface area (Å²) in [5.41, 5.74) is 7.37. The molecule has 1 aromatic carbocycles. The molecule has 0 aliphatic heterocycles. The molecule has 0 fully saturated rings. The van der Waals surface area contributed by atoms with Gasteiger partial charge in [0.25, 0.3) is 0 Å². The lowest BCUT2D eigenvalue weighted by Gasteiger charge is -2.07. The van der Waals surface area contributed by atoms with Crippen molar-refractivity contribution in [2.24, 2.45) is 0 Å². The van der Waals surface area contributed by atoms with Crippen molar-refractivity contribution in [2.45, 2.75) is 13.5 Å². The lowest BCUT2D eigenvalue weighted by molar-refractivity contribution is 1.10. The summed E-state index contributed by atoms with van der Waals surface area (Å²) < 4.78 is 0. The van der Waals surface area contributed by atoms with Crippen LogP contribution in [0.25, 0.3) is 0 Å². The molecule has 1 heterocycles. The Balaban J connectivity index is 2.04. The summed E-state index contributed by atoms with van der Waals surface area (Å²) >= 11 is 7.49. The zero-order valence-electron chi connectivity index (χ0n) is 8.83. The largest absolute Gasteiger partial charge is 0.397 e. The number of thiazole rings is 1. The van der Waals surface area contributed by atoms with Crippen molar-refractivity contribution in [3.63, 3.8) is 0 Å². The highest BCUT2D eigenvalue weighted by molar-refractivity contribution is 7.11. The first-order valence-electron chi connectivity index (χ1n) is 4.85. The second-order valence-electron chi connectivity index (χ2n) is 3.45. The van der Waals surface area contributed by atoms with Crippen molar-refractivity contribution in [3.8, 4) is 0 Å². The van der Waals surface area contributed by atoms with Crippen LogP contribution in [0.1, 0.15) is 9.88 Å². The minimum absolute atomic E-state index is 0.646. The number of hydrogen-bond acceptors (Lipinski definition) is 4. The predicted octanol–water partition coefficient (Wildman–Crippen LogP) is 3.30. The monoisotopic (exact) mass is 253 g/mol. The van der Waals surface area contributed by atoms with E-state index in [0.717, 1.165) is 10.7 Å². The van der Waals surface area contributed by atoms with Gasteiger partial charge in [-0.2, -0.15) is 0 Å².